The minimum Gasteiger partial charge on any atom is -0.477 e. The van der Waals surface area contributed by atoms with Gasteiger partial charge in [-0.25, -0.2) is 9.78 Å². The lowest BCUT2D eigenvalue weighted by atomic mass is 10.2. The quantitative estimate of drug-likeness (QED) is 0.655. The van der Waals surface area contributed by atoms with Crippen molar-refractivity contribution >= 4 is 27.6 Å². The van der Waals surface area contributed by atoms with Gasteiger partial charge in [0.15, 0.2) is 5.69 Å². The van der Waals surface area contributed by atoms with Gasteiger partial charge in [-0.1, -0.05) is 28.1 Å². The summed E-state index contributed by atoms with van der Waals surface area (Å²) in [6.45, 7) is 0.0458. The fourth-order valence-electron chi connectivity index (χ4n) is 1.53. The van der Waals surface area contributed by atoms with E-state index in [4.69, 9.17) is 9.84 Å². The van der Waals surface area contributed by atoms with Crippen LogP contribution in [0.1, 0.15) is 16.1 Å². The standard InChI is InChI=1S/C13H9BrN2O5/c14-9-3-1-8(2-4-9)7-21-12-11(16(19)20)6-5-10(15-12)13(17)18/h1-6H,7H2,(H,17,18). The zero-order valence-electron chi connectivity index (χ0n) is 10.5. The number of aromatic nitrogens is 1. The Labute approximate surface area is 127 Å². The first-order valence-corrected chi connectivity index (χ1v) is 6.52. The molecule has 0 aliphatic carbocycles. The minimum atomic E-state index is -1.28. The van der Waals surface area contributed by atoms with Crippen molar-refractivity contribution < 1.29 is 19.6 Å². The molecule has 0 atom stereocenters. The van der Waals surface area contributed by atoms with Crippen LogP contribution in [0.2, 0.25) is 0 Å². The molecule has 0 aliphatic rings. The summed E-state index contributed by atoms with van der Waals surface area (Å²) in [6.07, 6.45) is 0. The molecule has 0 bridgehead atoms. The van der Waals surface area contributed by atoms with E-state index in [1.807, 2.05) is 0 Å². The summed E-state index contributed by atoms with van der Waals surface area (Å²) in [5, 5.41) is 19.8. The van der Waals surface area contributed by atoms with Gasteiger partial charge in [0.2, 0.25) is 0 Å². The van der Waals surface area contributed by atoms with Crippen LogP contribution in [0.3, 0.4) is 0 Å². The summed E-state index contributed by atoms with van der Waals surface area (Å²) in [6, 6.07) is 9.27. The molecule has 7 nitrogen and oxygen atoms in total. The number of hydrogen-bond donors (Lipinski definition) is 1. The van der Waals surface area contributed by atoms with E-state index in [0.717, 1.165) is 22.2 Å². The molecule has 1 aromatic heterocycles. The molecule has 0 fully saturated rings. The lowest BCUT2D eigenvalue weighted by Gasteiger charge is -2.06. The zero-order chi connectivity index (χ0) is 15.4. The van der Waals surface area contributed by atoms with Gasteiger partial charge in [0.25, 0.3) is 5.88 Å². The Bertz CT molecular complexity index is 687. The maximum atomic E-state index is 10.9. The van der Waals surface area contributed by atoms with Crippen LogP contribution in [-0.2, 0) is 6.61 Å². The first-order valence-electron chi connectivity index (χ1n) is 5.73. The van der Waals surface area contributed by atoms with Gasteiger partial charge >= 0.3 is 11.7 Å². The lowest BCUT2D eigenvalue weighted by Crippen LogP contribution is -2.06. The van der Waals surface area contributed by atoms with Crippen LogP contribution in [0.15, 0.2) is 40.9 Å². The molecule has 0 saturated heterocycles. The van der Waals surface area contributed by atoms with Crippen molar-refractivity contribution in [3.63, 3.8) is 0 Å². The monoisotopic (exact) mass is 352 g/mol. The fraction of sp³-hybridized carbons (Fsp3) is 0.0769. The number of ether oxygens (including phenoxy) is 1. The SMILES string of the molecule is O=C(O)c1ccc([N+](=O)[O-])c(OCc2ccc(Br)cc2)n1. The number of aromatic carboxylic acids is 1. The second-order valence-electron chi connectivity index (χ2n) is 4.00. The van der Waals surface area contributed by atoms with Crippen molar-refractivity contribution in [2.75, 3.05) is 0 Å². The maximum absolute atomic E-state index is 10.9. The molecule has 1 N–H and O–H groups in total. The van der Waals surface area contributed by atoms with Gasteiger partial charge in [-0.2, -0.15) is 0 Å². The predicted octanol–water partition coefficient (Wildman–Crippen LogP) is 3.03. The van der Waals surface area contributed by atoms with Gasteiger partial charge in [-0.05, 0) is 23.8 Å². The van der Waals surface area contributed by atoms with Crippen LogP contribution >= 0.6 is 15.9 Å². The fourth-order valence-corrected chi connectivity index (χ4v) is 1.79. The van der Waals surface area contributed by atoms with Crippen molar-refractivity contribution in [1.82, 2.24) is 4.98 Å². The van der Waals surface area contributed by atoms with Gasteiger partial charge in [0, 0.05) is 10.5 Å². The molecule has 0 radical (unpaired) electrons. The predicted molar refractivity (Wildman–Crippen MR) is 76.3 cm³/mol. The van der Waals surface area contributed by atoms with Crippen LogP contribution in [0.4, 0.5) is 5.69 Å². The molecule has 0 unspecified atom stereocenters. The number of benzene rings is 1. The van der Waals surface area contributed by atoms with E-state index < -0.39 is 10.9 Å². The Hall–Kier alpha value is -2.48. The van der Waals surface area contributed by atoms with Crippen molar-refractivity contribution in [1.29, 1.82) is 0 Å². The zero-order valence-corrected chi connectivity index (χ0v) is 12.1. The third kappa shape index (κ3) is 3.76. The Morgan fingerprint density at radius 2 is 1.95 bits per heavy atom. The topological polar surface area (TPSA) is 103 Å². The van der Waals surface area contributed by atoms with E-state index in [-0.39, 0.29) is 23.9 Å². The Morgan fingerprint density at radius 1 is 1.29 bits per heavy atom. The number of rotatable bonds is 5. The number of halogens is 1. The van der Waals surface area contributed by atoms with Gasteiger partial charge in [0.1, 0.15) is 6.61 Å². The Kier molecular flexibility index (Phi) is 4.49. The second-order valence-corrected chi connectivity index (χ2v) is 4.91. The van der Waals surface area contributed by atoms with E-state index >= 15 is 0 Å². The largest absolute Gasteiger partial charge is 0.477 e. The molecule has 0 amide bonds. The summed E-state index contributed by atoms with van der Waals surface area (Å²) in [4.78, 5) is 24.7. The molecular weight excluding hydrogens is 344 g/mol. The third-order valence-electron chi connectivity index (χ3n) is 2.54. The highest BCUT2D eigenvalue weighted by Gasteiger charge is 2.20. The number of pyridine rings is 1. The Balaban J connectivity index is 2.24. The average molecular weight is 353 g/mol. The van der Waals surface area contributed by atoms with Crippen LogP contribution in [-0.4, -0.2) is 21.0 Å². The summed E-state index contributed by atoms with van der Waals surface area (Å²) >= 11 is 3.29. The molecule has 0 aliphatic heterocycles. The van der Waals surface area contributed by atoms with Gasteiger partial charge in [0.05, 0.1) is 4.92 Å². The number of nitro groups is 1. The number of hydrogen-bond acceptors (Lipinski definition) is 5. The minimum absolute atomic E-state index is 0.0458. The summed E-state index contributed by atoms with van der Waals surface area (Å²) in [5.41, 5.74) is 0.0820. The molecule has 2 aromatic rings. The normalized spacial score (nSPS) is 10.1. The summed E-state index contributed by atoms with van der Waals surface area (Å²) < 4.78 is 6.18. The Morgan fingerprint density at radius 3 is 2.52 bits per heavy atom. The van der Waals surface area contributed by atoms with Crippen molar-refractivity contribution in [2.45, 2.75) is 6.61 Å². The maximum Gasteiger partial charge on any atom is 0.354 e. The molecule has 0 saturated carbocycles. The van der Waals surface area contributed by atoms with E-state index in [1.54, 1.807) is 24.3 Å². The molecule has 1 heterocycles. The van der Waals surface area contributed by atoms with Crippen molar-refractivity contribution in [3.05, 3.63) is 62.2 Å². The summed E-state index contributed by atoms with van der Waals surface area (Å²) in [5.74, 6) is -1.60. The lowest BCUT2D eigenvalue weighted by molar-refractivity contribution is -0.386. The number of nitrogens with zero attached hydrogens (tertiary/aromatic N) is 2. The highest BCUT2D eigenvalue weighted by molar-refractivity contribution is 9.10. The van der Waals surface area contributed by atoms with Crippen LogP contribution in [0, 0.1) is 10.1 Å². The van der Waals surface area contributed by atoms with Crippen LogP contribution in [0.25, 0.3) is 0 Å². The number of carbonyl (C=O) groups is 1. The summed E-state index contributed by atoms with van der Waals surface area (Å²) in [7, 11) is 0. The smallest absolute Gasteiger partial charge is 0.354 e. The molecule has 1 aromatic carbocycles. The highest BCUT2D eigenvalue weighted by atomic mass is 79.9. The number of carboxylic acid groups (broad SMARTS) is 1. The second kappa shape index (κ2) is 6.31. The number of carboxylic acids is 1. The van der Waals surface area contributed by atoms with E-state index in [0.29, 0.717) is 0 Å². The first kappa shape index (κ1) is 14.9. The van der Waals surface area contributed by atoms with E-state index in [2.05, 4.69) is 20.9 Å². The molecule has 108 valence electrons. The molecule has 8 heteroatoms. The molecule has 2 rings (SSSR count). The average Bonchev–Trinajstić information content (AvgIpc) is 2.46. The van der Waals surface area contributed by atoms with Crippen molar-refractivity contribution in [2.24, 2.45) is 0 Å². The van der Waals surface area contributed by atoms with E-state index in [1.165, 1.54) is 0 Å². The van der Waals surface area contributed by atoms with Crippen LogP contribution in [0.5, 0.6) is 5.88 Å². The first-order chi connectivity index (χ1) is 9.97. The third-order valence-corrected chi connectivity index (χ3v) is 3.07. The van der Waals surface area contributed by atoms with Gasteiger partial charge in [-0.15, -0.1) is 0 Å². The molecule has 21 heavy (non-hydrogen) atoms. The van der Waals surface area contributed by atoms with E-state index in [9.17, 15) is 14.9 Å². The van der Waals surface area contributed by atoms with Gasteiger partial charge < -0.3 is 9.84 Å². The molecule has 0 spiro atoms. The van der Waals surface area contributed by atoms with Crippen molar-refractivity contribution in [3.8, 4) is 5.88 Å². The molecular formula is C13H9BrN2O5. The van der Waals surface area contributed by atoms with Crippen LogP contribution < -0.4 is 4.74 Å². The van der Waals surface area contributed by atoms with Gasteiger partial charge in [-0.3, -0.25) is 10.1 Å². The highest BCUT2D eigenvalue weighted by Crippen LogP contribution is 2.25.